The number of nitrogens with one attached hydrogen (secondary N) is 1. The summed E-state index contributed by atoms with van der Waals surface area (Å²) in [5.41, 5.74) is 1.76. The van der Waals surface area contributed by atoms with Crippen molar-refractivity contribution in [3.05, 3.63) is 29.3 Å². The van der Waals surface area contributed by atoms with E-state index < -0.39 is 0 Å². The number of ether oxygens (including phenoxy) is 1. The molecule has 0 fully saturated rings. The van der Waals surface area contributed by atoms with E-state index in [-0.39, 0.29) is 19.1 Å². The predicted molar refractivity (Wildman–Crippen MR) is 75.2 cm³/mol. The normalized spacial score (nSPS) is 9.90. The van der Waals surface area contributed by atoms with E-state index in [2.05, 4.69) is 11.4 Å². The third-order valence-electron chi connectivity index (χ3n) is 2.78. The van der Waals surface area contributed by atoms with Gasteiger partial charge in [-0.15, -0.1) is 0 Å². The van der Waals surface area contributed by atoms with Gasteiger partial charge in [-0.05, 0) is 17.7 Å². The van der Waals surface area contributed by atoms with E-state index in [1.165, 1.54) is 0 Å². The summed E-state index contributed by atoms with van der Waals surface area (Å²) in [5.74, 6) is -0.139. The Kier molecular flexibility index (Phi) is 6.50. The highest BCUT2D eigenvalue weighted by Crippen LogP contribution is 2.20. The van der Waals surface area contributed by atoms with E-state index in [0.29, 0.717) is 30.0 Å². The lowest BCUT2D eigenvalue weighted by Crippen LogP contribution is -2.36. The van der Waals surface area contributed by atoms with Crippen LogP contribution in [0.15, 0.2) is 18.2 Å². The molecule has 0 heterocycles. The van der Waals surface area contributed by atoms with Crippen LogP contribution in [0, 0.1) is 11.3 Å². The zero-order valence-corrected chi connectivity index (χ0v) is 11.7. The van der Waals surface area contributed by atoms with Crippen LogP contribution in [0.4, 0.5) is 5.69 Å². The number of hydrogen-bond acceptors (Lipinski definition) is 5. The van der Waals surface area contributed by atoms with Gasteiger partial charge in [0, 0.05) is 20.7 Å². The summed E-state index contributed by atoms with van der Waals surface area (Å²) in [6, 6.07) is 7.15. The van der Waals surface area contributed by atoms with Crippen LogP contribution in [0.25, 0.3) is 0 Å². The molecular formula is C14H19N3O3. The molecule has 1 rings (SSSR count). The maximum Gasteiger partial charge on any atom is 0.239 e. The molecule has 20 heavy (non-hydrogen) atoms. The Hall–Kier alpha value is -2.10. The van der Waals surface area contributed by atoms with Gasteiger partial charge in [0.2, 0.25) is 5.91 Å². The average molecular weight is 277 g/mol. The van der Waals surface area contributed by atoms with Gasteiger partial charge in [0.25, 0.3) is 0 Å². The smallest absolute Gasteiger partial charge is 0.239 e. The minimum atomic E-state index is -0.139. The summed E-state index contributed by atoms with van der Waals surface area (Å²) in [5, 5.41) is 20.9. The van der Waals surface area contributed by atoms with Crippen LogP contribution in [0.1, 0.15) is 11.1 Å². The van der Waals surface area contributed by atoms with Crippen LogP contribution >= 0.6 is 0 Å². The van der Waals surface area contributed by atoms with Crippen LogP contribution in [0.2, 0.25) is 0 Å². The van der Waals surface area contributed by atoms with Crippen LogP contribution in [-0.2, 0) is 16.1 Å². The molecule has 2 N–H and O–H groups in total. The second kappa shape index (κ2) is 8.15. The summed E-state index contributed by atoms with van der Waals surface area (Å²) in [4.78, 5) is 13.4. The van der Waals surface area contributed by atoms with Crippen molar-refractivity contribution in [2.24, 2.45) is 0 Å². The molecule has 0 saturated carbocycles. The van der Waals surface area contributed by atoms with Gasteiger partial charge in [0.05, 0.1) is 31.0 Å². The number of anilines is 1. The first-order valence-corrected chi connectivity index (χ1v) is 6.23. The highest BCUT2D eigenvalue weighted by Gasteiger charge is 2.11. The summed E-state index contributed by atoms with van der Waals surface area (Å²) in [6.07, 6.45) is 0. The fourth-order valence-corrected chi connectivity index (χ4v) is 1.75. The van der Waals surface area contributed by atoms with Gasteiger partial charge in [-0.1, -0.05) is 6.07 Å². The molecule has 0 aromatic heterocycles. The molecule has 0 radical (unpaired) electrons. The van der Waals surface area contributed by atoms with E-state index >= 15 is 0 Å². The molecule has 1 aromatic rings. The minimum Gasteiger partial charge on any atom is -0.392 e. The SMILES string of the molecule is COCCNC(=O)CN(C)c1ccc(CO)cc1C#N. The molecule has 0 aliphatic heterocycles. The van der Waals surface area contributed by atoms with Gasteiger partial charge < -0.3 is 20.1 Å². The lowest BCUT2D eigenvalue weighted by atomic mass is 10.1. The highest BCUT2D eigenvalue weighted by molar-refractivity contribution is 5.81. The number of hydrogen-bond donors (Lipinski definition) is 2. The summed E-state index contributed by atoms with van der Waals surface area (Å²) in [6.45, 7) is 0.953. The molecule has 1 aromatic carbocycles. The van der Waals surface area contributed by atoms with Gasteiger partial charge in [0.15, 0.2) is 0 Å². The lowest BCUT2D eigenvalue weighted by Gasteiger charge is -2.20. The van der Waals surface area contributed by atoms with Gasteiger partial charge in [-0.2, -0.15) is 5.26 Å². The van der Waals surface area contributed by atoms with Crippen molar-refractivity contribution in [3.63, 3.8) is 0 Å². The van der Waals surface area contributed by atoms with Crippen molar-refractivity contribution in [1.82, 2.24) is 5.32 Å². The van der Waals surface area contributed by atoms with Gasteiger partial charge in [0.1, 0.15) is 6.07 Å². The molecule has 0 unspecified atom stereocenters. The first kappa shape index (κ1) is 16.0. The van der Waals surface area contributed by atoms with E-state index in [4.69, 9.17) is 15.1 Å². The molecule has 0 bridgehead atoms. The Morgan fingerprint density at radius 2 is 2.30 bits per heavy atom. The number of carbonyl (C=O) groups excluding carboxylic acids is 1. The number of benzene rings is 1. The molecule has 0 atom stereocenters. The van der Waals surface area contributed by atoms with Crippen molar-refractivity contribution < 1.29 is 14.6 Å². The Labute approximate surface area is 118 Å². The zero-order chi connectivity index (χ0) is 15.0. The Morgan fingerprint density at radius 1 is 1.55 bits per heavy atom. The number of likely N-dealkylation sites (N-methyl/N-ethyl adjacent to an activating group) is 1. The summed E-state index contributed by atoms with van der Waals surface area (Å²) in [7, 11) is 3.31. The van der Waals surface area contributed by atoms with Crippen molar-refractivity contribution >= 4 is 11.6 Å². The van der Waals surface area contributed by atoms with Crippen LogP contribution in [0.5, 0.6) is 0 Å². The Balaban J connectivity index is 2.70. The van der Waals surface area contributed by atoms with Crippen molar-refractivity contribution in [2.75, 3.05) is 38.8 Å². The first-order valence-electron chi connectivity index (χ1n) is 6.23. The number of carbonyl (C=O) groups is 1. The lowest BCUT2D eigenvalue weighted by molar-refractivity contribution is -0.119. The standard InChI is InChI=1S/C14H19N3O3/c1-17(9-14(19)16-5-6-20-2)13-4-3-11(10-18)7-12(13)8-15/h3-4,7,18H,5-6,9-10H2,1-2H3,(H,16,19). The van der Waals surface area contributed by atoms with E-state index in [9.17, 15) is 4.79 Å². The van der Waals surface area contributed by atoms with Gasteiger partial charge in [-0.25, -0.2) is 0 Å². The molecule has 0 aliphatic rings. The number of amides is 1. The zero-order valence-electron chi connectivity index (χ0n) is 11.7. The van der Waals surface area contributed by atoms with Gasteiger partial charge in [-0.3, -0.25) is 4.79 Å². The van der Waals surface area contributed by atoms with Crippen molar-refractivity contribution in [3.8, 4) is 6.07 Å². The molecule has 0 saturated heterocycles. The maximum atomic E-state index is 11.7. The molecule has 6 heteroatoms. The number of methoxy groups -OCH3 is 1. The predicted octanol–water partition coefficient (Wildman–Crippen LogP) is 0.249. The maximum absolute atomic E-state index is 11.7. The van der Waals surface area contributed by atoms with Crippen LogP contribution in [0.3, 0.4) is 0 Å². The van der Waals surface area contributed by atoms with E-state index in [0.717, 1.165) is 0 Å². The van der Waals surface area contributed by atoms with Crippen LogP contribution < -0.4 is 10.2 Å². The molecule has 108 valence electrons. The monoisotopic (exact) mass is 277 g/mol. The first-order chi connectivity index (χ1) is 9.62. The largest absolute Gasteiger partial charge is 0.392 e. The number of nitriles is 1. The summed E-state index contributed by atoms with van der Waals surface area (Å²) >= 11 is 0. The molecule has 0 spiro atoms. The Bertz CT molecular complexity index is 497. The summed E-state index contributed by atoms with van der Waals surface area (Å²) < 4.78 is 4.85. The fraction of sp³-hybridized carbons (Fsp3) is 0.429. The Morgan fingerprint density at radius 3 is 2.90 bits per heavy atom. The number of nitrogens with zero attached hydrogens (tertiary/aromatic N) is 2. The van der Waals surface area contributed by atoms with Crippen molar-refractivity contribution in [2.45, 2.75) is 6.61 Å². The fourth-order valence-electron chi connectivity index (χ4n) is 1.75. The molecule has 6 nitrogen and oxygen atoms in total. The molecular weight excluding hydrogens is 258 g/mol. The average Bonchev–Trinajstić information content (AvgIpc) is 2.46. The molecule has 1 amide bonds. The minimum absolute atomic E-state index is 0.115. The van der Waals surface area contributed by atoms with Crippen LogP contribution in [-0.4, -0.2) is 44.9 Å². The topological polar surface area (TPSA) is 85.6 Å². The number of rotatable bonds is 7. The second-order valence-electron chi connectivity index (χ2n) is 4.32. The number of aliphatic hydroxyl groups excluding tert-OH is 1. The van der Waals surface area contributed by atoms with Gasteiger partial charge >= 0.3 is 0 Å². The third kappa shape index (κ3) is 4.53. The quantitative estimate of drug-likeness (QED) is 0.698. The second-order valence-corrected chi connectivity index (χ2v) is 4.32. The van der Waals surface area contributed by atoms with E-state index in [1.54, 1.807) is 37.3 Å². The number of aliphatic hydroxyl groups is 1. The van der Waals surface area contributed by atoms with Crippen molar-refractivity contribution in [1.29, 1.82) is 5.26 Å². The van der Waals surface area contributed by atoms with E-state index in [1.807, 2.05) is 0 Å². The third-order valence-corrected chi connectivity index (χ3v) is 2.78. The highest BCUT2D eigenvalue weighted by atomic mass is 16.5. The molecule has 0 aliphatic carbocycles.